The van der Waals surface area contributed by atoms with Crippen molar-refractivity contribution < 1.29 is 23.2 Å². The highest BCUT2D eigenvalue weighted by atomic mass is 32.2. The van der Waals surface area contributed by atoms with E-state index in [2.05, 4.69) is 24.6 Å². The van der Waals surface area contributed by atoms with Crippen LogP contribution in [0.2, 0.25) is 0 Å². The smallest absolute Gasteiger partial charge is 0.286 e. The highest BCUT2D eigenvalue weighted by molar-refractivity contribution is 7.86. The summed E-state index contributed by atoms with van der Waals surface area (Å²) in [6.07, 6.45) is 8.56. The molecule has 14 heteroatoms. The molecule has 13 nitrogen and oxygen atoms in total. The summed E-state index contributed by atoms with van der Waals surface area (Å²) in [6, 6.07) is 14.8. The van der Waals surface area contributed by atoms with Gasteiger partial charge in [0.05, 0.1) is 30.8 Å². The molecule has 0 aliphatic carbocycles. The number of hydrogen-bond donors (Lipinski definition) is 3. The van der Waals surface area contributed by atoms with E-state index in [9.17, 15) is 13.8 Å². The number of fused-ring (bicyclic) bond motifs is 1. The minimum absolute atomic E-state index is 0.00662. The van der Waals surface area contributed by atoms with Gasteiger partial charge >= 0.3 is 0 Å². The number of rotatable bonds is 13. The maximum atomic E-state index is 12.7. The fourth-order valence-corrected chi connectivity index (χ4v) is 6.14. The van der Waals surface area contributed by atoms with Gasteiger partial charge < -0.3 is 39.1 Å². The first kappa shape index (κ1) is 32.7. The molecule has 6 rings (SSSR count). The Morgan fingerprint density at radius 2 is 1.83 bits per heavy atom. The normalized spacial score (nSPS) is 14.2. The number of carbonyl (C=O) groups excluding carboxylic acids is 1. The number of nitrogens with zero attached hydrogens (tertiary/aromatic N) is 4. The lowest BCUT2D eigenvalue weighted by Gasteiger charge is -2.33. The number of nitrogens with two attached hydrogens (primary N) is 1. The molecule has 48 heavy (non-hydrogen) atoms. The number of ether oxygens (including phenoxy) is 3. The number of anilines is 2. The molecule has 250 valence electrons. The maximum absolute atomic E-state index is 12.7. The van der Waals surface area contributed by atoms with Crippen LogP contribution in [0, 0.1) is 0 Å². The number of hydrogen-bond acceptors (Lipinski definition) is 9. The highest BCUT2D eigenvalue weighted by Crippen LogP contribution is 2.39. The molecule has 0 spiro atoms. The Morgan fingerprint density at radius 3 is 2.58 bits per heavy atom. The Bertz CT molecular complexity index is 1990. The van der Waals surface area contributed by atoms with E-state index in [1.54, 1.807) is 31.8 Å². The molecule has 5 aromatic rings. The van der Waals surface area contributed by atoms with Crippen LogP contribution in [0.3, 0.4) is 0 Å². The summed E-state index contributed by atoms with van der Waals surface area (Å²) < 4.78 is 35.3. The highest BCUT2D eigenvalue weighted by Gasteiger charge is 2.21. The van der Waals surface area contributed by atoms with E-state index in [-0.39, 0.29) is 17.5 Å². The summed E-state index contributed by atoms with van der Waals surface area (Å²) in [7, 11) is 0.472. The Balaban J connectivity index is 1.08. The number of nitrogens with one attached hydrogen (secondary N) is 2. The Labute approximate surface area is 279 Å². The van der Waals surface area contributed by atoms with Gasteiger partial charge in [-0.15, -0.1) is 0 Å². The van der Waals surface area contributed by atoms with E-state index in [1.165, 1.54) is 4.57 Å². The Kier molecular flexibility index (Phi) is 10.0. The van der Waals surface area contributed by atoms with Crippen LogP contribution < -0.4 is 30.4 Å². The lowest BCUT2D eigenvalue weighted by atomic mass is 10.0. The topological polar surface area (TPSA) is 167 Å². The van der Waals surface area contributed by atoms with Crippen LogP contribution in [-0.4, -0.2) is 67.8 Å². The van der Waals surface area contributed by atoms with Gasteiger partial charge in [0.2, 0.25) is 5.82 Å². The first-order chi connectivity index (χ1) is 23.3. The summed E-state index contributed by atoms with van der Waals surface area (Å²) in [5, 5.41) is 0.757. The quantitative estimate of drug-likeness (QED) is 0.154. The lowest BCUT2D eigenvalue weighted by molar-refractivity contribution is 0.0202. The van der Waals surface area contributed by atoms with Crippen molar-refractivity contribution >= 4 is 39.2 Å². The number of H-pyrrole nitrogens is 1. The number of aryl methyl sites for hydroxylation is 1. The summed E-state index contributed by atoms with van der Waals surface area (Å²) in [4.78, 5) is 37.2. The number of benzene rings is 2. The predicted octanol–water partition coefficient (Wildman–Crippen LogP) is 4.37. The standard InChI is InChI=1S/C34H37N7O6S/c1-3-48(44)39-22-7-8-30(28(17-22)29-21-40(2)34(43)31-27(29)9-12-36-31)47-26-6-4-5-25(18-26)46-16-15-45-24-10-13-41(14-11-24)23-19-37-33(32(35)42)38-20-23/h4-9,12,17-21,24,36,39H,3,10-11,13-16H2,1-2H3,(H2,35,42). The van der Waals surface area contributed by atoms with Crippen molar-refractivity contribution in [3.63, 3.8) is 0 Å². The SMILES string of the molecule is CCS(=O)Nc1ccc(Oc2cccc(OCCOC3CCN(c4cnc(C(N)=O)nc4)CC3)c2)c(-c2cn(C)c(=O)c3[nH]ccc23)c1. The van der Waals surface area contributed by atoms with Crippen LogP contribution in [0.1, 0.15) is 30.4 Å². The van der Waals surface area contributed by atoms with Crippen molar-refractivity contribution in [2.24, 2.45) is 12.8 Å². The average Bonchev–Trinajstić information content (AvgIpc) is 3.60. The van der Waals surface area contributed by atoms with Gasteiger partial charge in [0.1, 0.15) is 40.4 Å². The summed E-state index contributed by atoms with van der Waals surface area (Å²) >= 11 is 0. The number of amides is 1. The molecular weight excluding hydrogens is 634 g/mol. The van der Waals surface area contributed by atoms with Crippen molar-refractivity contribution in [1.82, 2.24) is 19.5 Å². The van der Waals surface area contributed by atoms with E-state index in [0.29, 0.717) is 47.4 Å². The number of piperidine rings is 1. The van der Waals surface area contributed by atoms with Crippen LogP contribution >= 0.6 is 0 Å². The third-order valence-electron chi connectivity index (χ3n) is 8.06. The van der Waals surface area contributed by atoms with Crippen molar-refractivity contribution in [2.45, 2.75) is 25.9 Å². The second-order valence-corrected chi connectivity index (χ2v) is 12.8. The number of pyridine rings is 1. The van der Waals surface area contributed by atoms with Gasteiger partial charge in [0.25, 0.3) is 11.5 Å². The molecule has 4 N–H and O–H groups in total. The van der Waals surface area contributed by atoms with Crippen molar-refractivity contribution in [2.75, 3.05) is 41.7 Å². The molecule has 2 aromatic carbocycles. The first-order valence-electron chi connectivity index (χ1n) is 15.6. The van der Waals surface area contributed by atoms with Crippen LogP contribution in [0.5, 0.6) is 17.2 Å². The molecule has 1 aliphatic heterocycles. The third-order valence-corrected chi connectivity index (χ3v) is 9.05. The predicted molar refractivity (Wildman–Crippen MR) is 185 cm³/mol. The summed E-state index contributed by atoms with van der Waals surface area (Å²) in [5.74, 6) is 1.59. The Morgan fingerprint density at radius 1 is 1.06 bits per heavy atom. The number of primary amides is 1. The van der Waals surface area contributed by atoms with Crippen molar-refractivity contribution in [3.05, 3.63) is 89.5 Å². The van der Waals surface area contributed by atoms with E-state index >= 15 is 0 Å². The molecule has 1 fully saturated rings. The fraction of sp³-hybridized carbons (Fsp3) is 0.294. The number of aromatic nitrogens is 4. The second-order valence-electron chi connectivity index (χ2n) is 11.3. The molecule has 0 radical (unpaired) electrons. The lowest BCUT2D eigenvalue weighted by Crippen LogP contribution is -2.37. The van der Waals surface area contributed by atoms with Gasteiger partial charge in [-0.3, -0.25) is 9.59 Å². The van der Waals surface area contributed by atoms with Crippen LogP contribution in [0.15, 0.2) is 78.1 Å². The van der Waals surface area contributed by atoms with Gasteiger partial charge in [0, 0.05) is 66.6 Å². The summed E-state index contributed by atoms with van der Waals surface area (Å²) in [6.45, 7) is 4.22. The monoisotopic (exact) mass is 671 g/mol. The summed E-state index contributed by atoms with van der Waals surface area (Å²) in [5.41, 5.74) is 8.63. The van der Waals surface area contributed by atoms with Crippen LogP contribution in [-0.2, 0) is 22.8 Å². The molecule has 1 amide bonds. The molecular formula is C34H37N7O6S. The maximum Gasteiger partial charge on any atom is 0.286 e. The minimum atomic E-state index is -1.23. The molecule has 3 aromatic heterocycles. The Hall–Kier alpha value is -5.21. The second kappa shape index (κ2) is 14.7. The van der Waals surface area contributed by atoms with Gasteiger partial charge in [-0.25, -0.2) is 14.2 Å². The van der Waals surface area contributed by atoms with Crippen molar-refractivity contribution in [1.29, 1.82) is 0 Å². The zero-order chi connectivity index (χ0) is 33.6. The van der Waals surface area contributed by atoms with Gasteiger partial charge in [-0.05, 0) is 49.2 Å². The van der Waals surface area contributed by atoms with Gasteiger partial charge in [-0.2, -0.15) is 0 Å². The van der Waals surface area contributed by atoms with Gasteiger partial charge in [-0.1, -0.05) is 13.0 Å². The van der Waals surface area contributed by atoms with Crippen molar-refractivity contribution in [3.8, 4) is 28.4 Å². The van der Waals surface area contributed by atoms with E-state index < -0.39 is 16.9 Å². The zero-order valence-electron chi connectivity index (χ0n) is 26.7. The first-order valence-corrected chi connectivity index (χ1v) is 17.0. The fourth-order valence-electron chi connectivity index (χ4n) is 5.60. The zero-order valence-corrected chi connectivity index (χ0v) is 27.5. The molecule has 1 aliphatic rings. The number of carbonyl (C=O) groups is 1. The van der Waals surface area contributed by atoms with Crippen LogP contribution in [0.4, 0.5) is 11.4 Å². The molecule has 0 bridgehead atoms. The average molecular weight is 672 g/mol. The largest absolute Gasteiger partial charge is 0.491 e. The van der Waals surface area contributed by atoms with E-state index in [4.69, 9.17) is 19.9 Å². The minimum Gasteiger partial charge on any atom is -0.491 e. The van der Waals surface area contributed by atoms with Crippen LogP contribution in [0.25, 0.3) is 22.0 Å². The van der Waals surface area contributed by atoms with E-state index in [1.807, 2.05) is 55.5 Å². The van der Waals surface area contributed by atoms with E-state index in [0.717, 1.165) is 48.1 Å². The third kappa shape index (κ3) is 7.50. The molecule has 0 saturated carbocycles. The van der Waals surface area contributed by atoms with Gasteiger partial charge in [0.15, 0.2) is 0 Å². The molecule has 1 unspecified atom stereocenters. The molecule has 4 heterocycles. The molecule has 1 saturated heterocycles. The number of aromatic amines is 1. The molecule has 1 atom stereocenters.